The Hall–Kier alpha value is -4.54. The second-order valence-electron chi connectivity index (χ2n) is 6.69. The van der Waals surface area contributed by atoms with Crippen LogP contribution in [-0.4, -0.2) is 36.9 Å². The molecule has 0 fully saturated rings. The fourth-order valence-electron chi connectivity index (χ4n) is 3.31. The van der Waals surface area contributed by atoms with Crippen molar-refractivity contribution >= 4 is 23.2 Å². The van der Waals surface area contributed by atoms with Crippen molar-refractivity contribution in [3.05, 3.63) is 65.9 Å². The van der Waals surface area contributed by atoms with Gasteiger partial charge in [-0.05, 0) is 46.3 Å². The Bertz CT molecular complexity index is 1400. The quantitative estimate of drug-likeness (QED) is 0.488. The molecule has 0 atom stereocenters. The van der Waals surface area contributed by atoms with Gasteiger partial charge in [-0.3, -0.25) is 9.59 Å². The number of carbonyl (C=O) groups is 2. The third-order valence-electron chi connectivity index (χ3n) is 4.84. The maximum absolute atomic E-state index is 14.3. The van der Waals surface area contributed by atoms with Gasteiger partial charge in [-0.15, -0.1) is 5.10 Å². The van der Waals surface area contributed by atoms with E-state index < -0.39 is 23.3 Å². The Morgan fingerprint density at radius 1 is 1.00 bits per heavy atom. The number of ketones is 1. The minimum Gasteiger partial charge on any atom is -0.383 e. The first-order valence-corrected chi connectivity index (χ1v) is 8.93. The first kappa shape index (κ1) is 18.5. The summed E-state index contributed by atoms with van der Waals surface area (Å²) in [4.78, 5) is 27.7. The lowest BCUT2D eigenvalue weighted by molar-refractivity contribution is -0.112. The van der Waals surface area contributed by atoms with Crippen molar-refractivity contribution in [3.8, 4) is 28.2 Å². The molecule has 3 N–H and O–H groups in total. The second-order valence-corrected chi connectivity index (χ2v) is 6.69. The number of nitrogens with two attached hydrogens (primary N) is 1. The van der Waals surface area contributed by atoms with Gasteiger partial charge >= 0.3 is 0 Å². The minimum absolute atomic E-state index is 0.0467. The molecule has 0 unspecified atom stereocenters. The molecule has 5 rings (SSSR count). The maximum Gasteiger partial charge on any atom is 0.296 e. The average Bonchev–Trinajstić information content (AvgIpc) is 3.35. The van der Waals surface area contributed by atoms with Gasteiger partial charge < -0.3 is 11.1 Å². The average molecular weight is 419 g/mol. The standard InChI is InChI=1S/C20H11F2N7O2/c21-13-2-1-3-15(16(13)22)29-19(26-27-28-29)12-7-10(8-24-18(12)23)9-4-5-14-11(6-9)17(30)20(31)25-14/h1-8H,(H2,23,24)(H,25,30,31). The molecule has 0 saturated carbocycles. The Morgan fingerprint density at radius 3 is 2.65 bits per heavy atom. The number of amides is 1. The first-order valence-electron chi connectivity index (χ1n) is 8.93. The van der Waals surface area contributed by atoms with Crippen LogP contribution in [0.5, 0.6) is 0 Å². The minimum atomic E-state index is -1.12. The molecule has 0 radical (unpaired) electrons. The molecule has 0 aliphatic carbocycles. The topological polar surface area (TPSA) is 129 Å². The Morgan fingerprint density at radius 2 is 1.81 bits per heavy atom. The molecule has 0 saturated heterocycles. The van der Waals surface area contributed by atoms with E-state index >= 15 is 0 Å². The van der Waals surface area contributed by atoms with Gasteiger partial charge in [0.1, 0.15) is 11.5 Å². The van der Waals surface area contributed by atoms with Crippen LogP contribution in [0, 0.1) is 11.6 Å². The molecule has 2 aromatic carbocycles. The van der Waals surface area contributed by atoms with Crippen molar-refractivity contribution in [1.29, 1.82) is 0 Å². The van der Waals surface area contributed by atoms with Crippen LogP contribution >= 0.6 is 0 Å². The molecule has 2 aromatic heterocycles. The number of nitrogens with one attached hydrogen (secondary N) is 1. The van der Waals surface area contributed by atoms with Crippen molar-refractivity contribution in [3.63, 3.8) is 0 Å². The highest BCUT2D eigenvalue weighted by Crippen LogP contribution is 2.33. The van der Waals surface area contributed by atoms with Crippen LogP contribution in [0.1, 0.15) is 10.4 Å². The number of anilines is 2. The number of nitrogens with zero attached hydrogens (tertiary/aromatic N) is 5. The van der Waals surface area contributed by atoms with Crippen LogP contribution in [0.25, 0.3) is 28.2 Å². The van der Waals surface area contributed by atoms with E-state index in [1.54, 1.807) is 24.3 Å². The fraction of sp³-hybridized carbons (Fsp3) is 0. The summed E-state index contributed by atoms with van der Waals surface area (Å²) in [7, 11) is 0. The van der Waals surface area contributed by atoms with Gasteiger partial charge in [-0.25, -0.2) is 13.8 Å². The summed E-state index contributed by atoms with van der Waals surface area (Å²) < 4.78 is 29.0. The summed E-state index contributed by atoms with van der Waals surface area (Å²) in [6.45, 7) is 0. The normalized spacial score (nSPS) is 12.7. The zero-order valence-electron chi connectivity index (χ0n) is 15.5. The third kappa shape index (κ3) is 2.90. The molecular weight excluding hydrogens is 408 g/mol. The summed E-state index contributed by atoms with van der Waals surface area (Å²) in [5, 5.41) is 13.7. The number of fused-ring (bicyclic) bond motifs is 1. The fourth-order valence-corrected chi connectivity index (χ4v) is 3.31. The molecule has 4 aromatic rings. The number of halogens is 2. The van der Waals surface area contributed by atoms with Crippen molar-refractivity contribution in [2.45, 2.75) is 0 Å². The summed E-state index contributed by atoms with van der Waals surface area (Å²) in [6.07, 6.45) is 1.48. The van der Waals surface area contributed by atoms with Crippen LogP contribution in [0.4, 0.5) is 20.3 Å². The monoisotopic (exact) mass is 419 g/mol. The van der Waals surface area contributed by atoms with Crippen molar-refractivity contribution in [2.24, 2.45) is 0 Å². The molecule has 11 heteroatoms. The smallest absolute Gasteiger partial charge is 0.296 e. The molecule has 0 bridgehead atoms. The summed E-state index contributed by atoms with van der Waals surface area (Å²) in [5.74, 6) is -3.39. The third-order valence-corrected chi connectivity index (χ3v) is 4.84. The van der Waals surface area contributed by atoms with E-state index in [0.717, 1.165) is 10.7 Å². The number of aromatic nitrogens is 5. The van der Waals surface area contributed by atoms with E-state index in [4.69, 9.17) is 5.73 Å². The molecule has 0 spiro atoms. The van der Waals surface area contributed by atoms with Crippen molar-refractivity contribution in [2.75, 3.05) is 11.1 Å². The maximum atomic E-state index is 14.3. The Kier molecular flexibility index (Phi) is 4.03. The van der Waals surface area contributed by atoms with E-state index in [0.29, 0.717) is 16.8 Å². The molecule has 9 nitrogen and oxygen atoms in total. The van der Waals surface area contributed by atoms with Gasteiger partial charge in [-0.2, -0.15) is 4.68 Å². The lowest BCUT2D eigenvalue weighted by atomic mass is 10.0. The number of tetrazole rings is 1. The Labute approximate surface area is 172 Å². The first-order chi connectivity index (χ1) is 14.9. The molecule has 1 aliphatic heterocycles. The molecule has 3 heterocycles. The highest BCUT2D eigenvalue weighted by Gasteiger charge is 2.28. The lowest BCUT2D eigenvalue weighted by Gasteiger charge is -2.10. The predicted molar refractivity (Wildman–Crippen MR) is 105 cm³/mol. The van der Waals surface area contributed by atoms with Crippen LogP contribution in [-0.2, 0) is 4.79 Å². The number of hydrogen-bond acceptors (Lipinski definition) is 7. The summed E-state index contributed by atoms with van der Waals surface area (Å²) in [6, 6.07) is 10.1. The van der Waals surface area contributed by atoms with E-state index in [-0.39, 0.29) is 28.5 Å². The van der Waals surface area contributed by atoms with Gasteiger partial charge in [0, 0.05) is 11.8 Å². The molecule has 1 amide bonds. The number of carbonyl (C=O) groups excluding carboxylic acids is 2. The van der Waals surface area contributed by atoms with Gasteiger partial charge in [0.15, 0.2) is 17.5 Å². The van der Waals surface area contributed by atoms with Gasteiger partial charge in [0.2, 0.25) is 0 Å². The number of pyridine rings is 1. The molecular formula is C20H11F2N7O2. The van der Waals surface area contributed by atoms with Gasteiger partial charge in [-0.1, -0.05) is 12.1 Å². The van der Waals surface area contributed by atoms with Gasteiger partial charge in [0.05, 0.1) is 16.8 Å². The van der Waals surface area contributed by atoms with Crippen LogP contribution in [0.3, 0.4) is 0 Å². The highest BCUT2D eigenvalue weighted by atomic mass is 19.2. The van der Waals surface area contributed by atoms with E-state index in [1.807, 2.05) is 0 Å². The van der Waals surface area contributed by atoms with E-state index in [1.165, 1.54) is 18.3 Å². The number of Topliss-reactive ketones (excluding diaryl/α,β-unsaturated/α-hetero) is 1. The Balaban J connectivity index is 1.63. The summed E-state index contributed by atoms with van der Waals surface area (Å²) in [5.41, 5.74) is 7.89. The zero-order chi connectivity index (χ0) is 21.7. The zero-order valence-corrected chi connectivity index (χ0v) is 15.5. The highest BCUT2D eigenvalue weighted by molar-refractivity contribution is 6.51. The summed E-state index contributed by atoms with van der Waals surface area (Å²) >= 11 is 0. The van der Waals surface area contributed by atoms with Crippen molar-refractivity contribution in [1.82, 2.24) is 25.2 Å². The number of nitrogen functional groups attached to an aromatic ring is 1. The van der Waals surface area contributed by atoms with Gasteiger partial charge in [0.25, 0.3) is 11.7 Å². The lowest BCUT2D eigenvalue weighted by Crippen LogP contribution is -2.12. The number of rotatable bonds is 3. The van der Waals surface area contributed by atoms with Crippen LogP contribution in [0.15, 0.2) is 48.7 Å². The van der Waals surface area contributed by atoms with E-state index in [2.05, 4.69) is 25.8 Å². The predicted octanol–water partition coefficient (Wildman–Crippen LogP) is 2.39. The molecule has 152 valence electrons. The number of benzene rings is 2. The van der Waals surface area contributed by atoms with E-state index in [9.17, 15) is 18.4 Å². The largest absolute Gasteiger partial charge is 0.383 e. The van der Waals surface area contributed by atoms with Crippen molar-refractivity contribution < 1.29 is 18.4 Å². The van der Waals surface area contributed by atoms with Crippen LogP contribution < -0.4 is 11.1 Å². The number of hydrogen-bond donors (Lipinski definition) is 2. The van der Waals surface area contributed by atoms with Crippen LogP contribution in [0.2, 0.25) is 0 Å². The second kappa shape index (κ2) is 6.76. The SMILES string of the molecule is Nc1ncc(-c2ccc3c(c2)C(=O)C(=O)N3)cc1-c1nnnn1-c1cccc(F)c1F. The molecule has 1 aliphatic rings. The molecule has 31 heavy (non-hydrogen) atoms.